The SMILES string of the molecule is O=C(NNc1ccccc1)[C@@H]1CCCCN1. The van der Waals surface area contributed by atoms with Gasteiger partial charge in [0.2, 0.25) is 0 Å². The second-order valence-corrected chi connectivity index (χ2v) is 3.98. The zero-order valence-corrected chi connectivity index (χ0v) is 9.20. The third-order valence-corrected chi connectivity index (χ3v) is 2.73. The average Bonchev–Trinajstić information content (AvgIpc) is 2.38. The quantitative estimate of drug-likeness (QED) is 0.671. The largest absolute Gasteiger partial charge is 0.306 e. The number of hydrogen-bond donors (Lipinski definition) is 3. The Kier molecular flexibility index (Phi) is 3.77. The van der Waals surface area contributed by atoms with E-state index in [1.165, 1.54) is 0 Å². The Bertz CT molecular complexity index is 333. The van der Waals surface area contributed by atoms with Gasteiger partial charge in [-0.2, -0.15) is 0 Å². The average molecular weight is 219 g/mol. The van der Waals surface area contributed by atoms with Gasteiger partial charge in [-0.25, -0.2) is 0 Å². The third-order valence-electron chi connectivity index (χ3n) is 2.73. The summed E-state index contributed by atoms with van der Waals surface area (Å²) in [6.45, 7) is 0.934. The molecule has 4 nitrogen and oxygen atoms in total. The van der Waals surface area contributed by atoms with Gasteiger partial charge in [-0.05, 0) is 31.5 Å². The third kappa shape index (κ3) is 2.97. The molecule has 0 saturated carbocycles. The standard InChI is InChI=1S/C12H17N3O/c16-12(11-8-4-5-9-13-11)15-14-10-6-2-1-3-7-10/h1-3,6-7,11,13-14H,4-5,8-9H2,(H,15,16)/t11-/m0/s1. The number of hydrogen-bond acceptors (Lipinski definition) is 3. The second kappa shape index (κ2) is 5.51. The summed E-state index contributed by atoms with van der Waals surface area (Å²) in [5, 5.41) is 3.20. The lowest BCUT2D eigenvalue weighted by molar-refractivity contribution is -0.123. The summed E-state index contributed by atoms with van der Waals surface area (Å²) < 4.78 is 0. The summed E-state index contributed by atoms with van der Waals surface area (Å²) >= 11 is 0. The van der Waals surface area contributed by atoms with E-state index in [-0.39, 0.29) is 11.9 Å². The molecular formula is C12H17N3O. The van der Waals surface area contributed by atoms with Gasteiger partial charge >= 0.3 is 0 Å². The van der Waals surface area contributed by atoms with E-state index >= 15 is 0 Å². The highest BCUT2D eigenvalue weighted by Crippen LogP contribution is 2.07. The summed E-state index contributed by atoms with van der Waals surface area (Å²) in [5.41, 5.74) is 6.51. The maximum atomic E-state index is 11.7. The number of piperidine rings is 1. The molecule has 1 aliphatic rings. The molecule has 2 rings (SSSR count). The normalized spacial score (nSPS) is 20.1. The Morgan fingerprint density at radius 1 is 1.25 bits per heavy atom. The molecule has 1 aromatic rings. The van der Waals surface area contributed by atoms with Crippen LogP contribution in [0.25, 0.3) is 0 Å². The van der Waals surface area contributed by atoms with Crippen LogP contribution in [-0.4, -0.2) is 18.5 Å². The van der Waals surface area contributed by atoms with Crippen molar-refractivity contribution in [1.29, 1.82) is 0 Å². The van der Waals surface area contributed by atoms with Gasteiger partial charge in [0.05, 0.1) is 11.7 Å². The van der Waals surface area contributed by atoms with Gasteiger partial charge in [0.1, 0.15) is 0 Å². The van der Waals surface area contributed by atoms with E-state index in [2.05, 4.69) is 16.2 Å². The van der Waals surface area contributed by atoms with Crippen molar-refractivity contribution in [3.63, 3.8) is 0 Å². The molecule has 1 saturated heterocycles. The first-order valence-corrected chi connectivity index (χ1v) is 5.70. The van der Waals surface area contributed by atoms with Crippen molar-refractivity contribution in [2.24, 2.45) is 0 Å². The molecule has 16 heavy (non-hydrogen) atoms. The molecule has 0 spiro atoms. The number of carbonyl (C=O) groups excluding carboxylic acids is 1. The molecule has 1 fully saturated rings. The molecule has 0 bridgehead atoms. The molecule has 1 atom stereocenters. The fraction of sp³-hybridized carbons (Fsp3) is 0.417. The van der Waals surface area contributed by atoms with Crippen LogP contribution >= 0.6 is 0 Å². The first-order valence-electron chi connectivity index (χ1n) is 5.70. The van der Waals surface area contributed by atoms with E-state index in [4.69, 9.17) is 0 Å². The summed E-state index contributed by atoms with van der Waals surface area (Å²) in [5.74, 6) is 0.0172. The molecule has 3 N–H and O–H groups in total. The van der Waals surface area contributed by atoms with Crippen molar-refractivity contribution in [3.05, 3.63) is 30.3 Å². The minimum absolute atomic E-state index is 0.0172. The van der Waals surface area contributed by atoms with Crippen molar-refractivity contribution < 1.29 is 4.79 Å². The number of anilines is 1. The van der Waals surface area contributed by atoms with E-state index in [1.54, 1.807) is 0 Å². The molecule has 1 amide bonds. The Hall–Kier alpha value is -1.55. The molecular weight excluding hydrogens is 202 g/mol. The Balaban J connectivity index is 1.79. The van der Waals surface area contributed by atoms with Gasteiger partial charge in [0.25, 0.3) is 5.91 Å². The number of benzene rings is 1. The van der Waals surface area contributed by atoms with E-state index < -0.39 is 0 Å². The zero-order valence-electron chi connectivity index (χ0n) is 9.20. The van der Waals surface area contributed by atoms with Crippen LogP contribution < -0.4 is 16.2 Å². The van der Waals surface area contributed by atoms with Gasteiger partial charge in [-0.3, -0.25) is 15.6 Å². The highest BCUT2D eigenvalue weighted by atomic mass is 16.2. The van der Waals surface area contributed by atoms with Crippen LogP contribution in [0.2, 0.25) is 0 Å². The predicted molar refractivity (Wildman–Crippen MR) is 63.8 cm³/mol. The lowest BCUT2D eigenvalue weighted by Crippen LogP contribution is -2.48. The smallest absolute Gasteiger partial charge is 0.255 e. The predicted octanol–water partition coefficient (Wildman–Crippen LogP) is 1.27. The lowest BCUT2D eigenvalue weighted by atomic mass is 10.0. The minimum Gasteiger partial charge on any atom is -0.306 e. The van der Waals surface area contributed by atoms with Crippen LogP contribution in [0.5, 0.6) is 0 Å². The summed E-state index contributed by atoms with van der Waals surface area (Å²) in [6.07, 6.45) is 3.20. The number of para-hydroxylation sites is 1. The molecule has 0 aliphatic carbocycles. The first kappa shape index (κ1) is 11.0. The van der Waals surface area contributed by atoms with Gasteiger partial charge in [0.15, 0.2) is 0 Å². The Morgan fingerprint density at radius 3 is 2.75 bits per heavy atom. The van der Waals surface area contributed by atoms with Crippen molar-refractivity contribution in [3.8, 4) is 0 Å². The fourth-order valence-corrected chi connectivity index (χ4v) is 1.82. The zero-order chi connectivity index (χ0) is 11.2. The van der Waals surface area contributed by atoms with E-state index in [1.807, 2.05) is 30.3 Å². The first-order chi connectivity index (χ1) is 7.86. The topological polar surface area (TPSA) is 53.2 Å². The molecule has 4 heteroatoms. The summed E-state index contributed by atoms with van der Waals surface area (Å²) in [4.78, 5) is 11.7. The number of carbonyl (C=O) groups is 1. The number of hydrazine groups is 1. The van der Waals surface area contributed by atoms with Crippen LogP contribution in [-0.2, 0) is 4.79 Å². The van der Waals surface area contributed by atoms with Crippen LogP contribution in [0, 0.1) is 0 Å². The van der Waals surface area contributed by atoms with E-state index in [0.717, 1.165) is 31.5 Å². The molecule has 1 heterocycles. The van der Waals surface area contributed by atoms with E-state index in [9.17, 15) is 4.79 Å². The van der Waals surface area contributed by atoms with Crippen molar-refractivity contribution >= 4 is 11.6 Å². The number of nitrogens with one attached hydrogen (secondary N) is 3. The Morgan fingerprint density at radius 2 is 2.06 bits per heavy atom. The summed E-state index contributed by atoms with van der Waals surface area (Å²) in [7, 11) is 0. The highest BCUT2D eigenvalue weighted by Gasteiger charge is 2.19. The van der Waals surface area contributed by atoms with Crippen LogP contribution in [0.1, 0.15) is 19.3 Å². The van der Waals surface area contributed by atoms with Crippen LogP contribution in [0.15, 0.2) is 30.3 Å². The van der Waals surface area contributed by atoms with E-state index in [0.29, 0.717) is 0 Å². The monoisotopic (exact) mass is 219 g/mol. The molecule has 86 valence electrons. The maximum Gasteiger partial charge on any atom is 0.255 e. The molecule has 0 radical (unpaired) electrons. The highest BCUT2D eigenvalue weighted by molar-refractivity contribution is 5.82. The minimum atomic E-state index is -0.0510. The maximum absolute atomic E-state index is 11.7. The van der Waals surface area contributed by atoms with Gasteiger partial charge in [-0.15, -0.1) is 0 Å². The fourth-order valence-electron chi connectivity index (χ4n) is 1.82. The van der Waals surface area contributed by atoms with Crippen molar-refractivity contribution in [1.82, 2.24) is 10.7 Å². The van der Waals surface area contributed by atoms with Gasteiger partial charge < -0.3 is 5.32 Å². The van der Waals surface area contributed by atoms with Crippen molar-refractivity contribution in [2.45, 2.75) is 25.3 Å². The molecule has 1 aromatic carbocycles. The second-order valence-electron chi connectivity index (χ2n) is 3.98. The van der Waals surface area contributed by atoms with Crippen LogP contribution in [0.4, 0.5) is 5.69 Å². The molecule has 0 unspecified atom stereocenters. The van der Waals surface area contributed by atoms with Crippen molar-refractivity contribution in [2.75, 3.05) is 12.0 Å². The number of rotatable bonds is 3. The Labute approximate surface area is 95.4 Å². The van der Waals surface area contributed by atoms with Crippen LogP contribution in [0.3, 0.4) is 0 Å². The number of amides is 1. The van der Waals surface area contributed by atoms with Gasteiger partial charge in [-0.1, -0.05) is 24.6 Å². The lowest BCUT2D eigenvalue weighted by Gasteiger charge is -2.22. The molecule has 0 aromatic heterocycles. The van der Waals surface area contributed by atoms with Gasteiger partial charge in [0, 0.05) is 0 Å². The molecule has 1 aliphatic heterocycles. The summed E-state index contributed by atoms with van der Waals surface area (Å²) in [6, 6.07) is 9.56.